The number of hydrogen-bond donors (Lipinski definition) is 2. The third kappa shape index (κ3) is 5.43. The molecule has 24 heavy (non-hydrogen) atoms. The maximum atomic E-state index is 11.6. The van der Waals surface area contributed by atoms with Gasteiger partial charge in [0.05, 0.1) is 24.4 Å². The van der Waals surface area contributed by atoms with Gasteiger partial charge in [-0.25, -0.2) is 4.98 Å². The minimum Gasteiger partial charge on any atom is -0.389 e. The maximum absolute atomic E-state index is 11.6. The number of anilines is 1. The Hall–Kier alpha value is -1.70. The SMILES string of the molecule is CC(C)OCC(O)CN1CCCN(c2ncccc2C(N)=O)CC1. The van der Waals surface area contributed by atoms with Crippen molar-refractivity contribution >= 4 is 11.7 Å². The van der Waals surface area contributed by atoms with Crippen molar-refractivity contribution in [2.75, 3.05) is 44.2 Å². The Morgan fingerprint density at radius 2 is 2.17 bits per heavy atom. The summed E-state index contributed by atoms with van der Waals surface area (Å²) in [5, 5.41) is 10.1. The number of primary amides is 1. The number of nitrogens with two attached hydrogens (primary N) is 1. The molecule has 2 heterocycles. The first-order chi connectivity index (χ1) is 11.5. The van der Waals surface area contributed by atoms with Crippen molar-refractivity contribution in [3.8, 4) is 0 Å². The number of amides is 1. The summed E-state index contributed by atoms with van der Waals surface area (Å²) in [6.45, 7) is 8.11. The molecule has 1 saturated heterocycles. The Labute approximate surface area is 143 Å². The molecule has 1 aliphatic rings. The molecule has 0 aliphatic carbocycles. The van der Waals surface area contributed by atoms with E-state index in [2.05, 4.69) is 14.8 Å². The fraction of sp³-hybridized carbons (Fsp3) is 0.647. The lowest BCUT2D eigenvalue weighted by atomic mass is 10.2. The number of nitrogens with zero attached hydrogens (tertiary/aromatic N) is 3. The molecule has 2 rings (SSSR count). The summed E-state index contributed by atoms with van der Waals surface area (Å²) < 4.78 is 5.46. The van der Waals surface area contributed by atoms with Crippen LogP contribution < -0.4 is 10.6 Å². The van der Waals surface area contributed by atoms with Gasteiger partial charge in [-0.1, -0.05) is 0 Å². The molecule has 3 N–H and O–H groups in total. The van der Waals surface area contributed by atoms with E-state index in [0.717, 1.165) is 32.6 Å². The zero-order chi connectivity index (χ0) is 17.5. The molecule has 1 aromatic heterocycles. The standard InChI is InChI=1S/C17H28N4O3/c1-13(2)24-12-14(22)11-20-7-4-8-21(10-9-20)17-15(16(18)23)5-3-6-19-17/h3,5-6,13-14,22H,4,7-12H2,1-2H3,(H2,18,23). The van der Waals surface area contributed by atoms with Crippen LogP contribution in [-0.4, -0.2) is 72.4 Å². The highest BCUT2D eigenvalue weighted by molar-refractivity contribution is 5.97. The molecule has 1 amide bonds. The minimum absolute atomic E-state index is 0.121. The van der Waals surface area contributed by atoms with E-state index in [1.165, 1.54) is 0 Å². The zero-order valence-electron chi connectivity index (χ0n) is 14.5. The van der Waals surface area contributed by atoms with Crippen LogP contribution in [0.4, 0.5) is 5.82 Å². The molecular weight excluding hydrogens is 308 g/mol. The Kier molecular flexibility index (Phi) is 6.96. The van der Waals surface area contributed by atoms with Gasteiger partial charge in [0.1, 0.15) is 5.82 Å². The number of β-amino-alcohol motifs (C(OH)–C–C–N with tert-alkyl or cyclic N) is 1. The van der Waals surface area contributed by atoms with E-state index in [0.29, 0.717) is 24.5 Å². The third-order valence-corrected chi connectivity index (χ3v) is 4.03. The number of aliphatic hydroxyl groups excluding tert-OH is 1. The summed E-state index contributed by atoms with van der Waals surface area (Å²) in [5.41, 5.74) is 5.90. The Morgan fingerprint density at radius 3 is 2.88 bits per heavy atom. The molecule has 1 unspecified atom stereocenters. The lowest BCUT2D eigenvalue weighted by Crippen LogP contribution is -2.38. The molecule has 1 aromatic rings. The highest BCUT2D eigenvalue weighted by Crippen LogP contribution is 2.18. The molecule has 0 spiro atoms. The molecule has 0 aromatic carbocycles. The second-order valence-electron chi connectivity index (χ2n) is 6.42. The third-order valence-electron chi connectivity index (χ3n) is 4.03. The van der Waals surface area contributed by atoms with E-state index in [4.69, 9.17) is 10.5 Å². The van der Waals surface area contributed by atoms with E-state index < -0.39 is 12.0 Å². The van der Waals surface area contributed by atoms with E-state index in [1.54, 1.807) is 18.3 Å². The highest BCUT2D eigenvalue weighted by atomic mass is 16.5. The van der Waals surface area contributed by atoms with Crippen LogP contribution in [0.15, 0.2) is 18.3 Å². The summed E-state index contributed by atoms with van der Waals surface area (Å²) in [7, 11) is 0. The van der Waals surface area contributed by atoms with Gasteiger partial charge in [-0.05, 0) is 38.9 Å². The Balaban J connectivity index is 1.92. The first-order valence-corrected chi connectivity index (χ1v) is 8.49. The summed E-state index contributed by atoms with van der Waals surface area (Å²) in [5.74, 6) is 0.191. The first kappa shape index (κ1) is 18.6. The minimum atomic E-state index is -0.491. The largest absolute Gasteiger partial charge is 0.389 e. The van der Waals surface area contributed by atoms with Crippen molar-refractivity contribution in [1.82, 2.24) is 9.88 Å². The van der Waals surface area contributed by atoms with Crippen molar-refractivity contribution in [2.45, 2.75) is 32.5 Å². The summed E-state index contributed by atoms with van der Waals surface area (Å²) >= 11 is 0. The number of aliphatic hydroxyl groups is 1. The number of hydrogen-bond acceptors (Lipinski definition) is 6. The summed E-state index contributed by atoms with van der Waals surface area (Å²) in [6, 6.07) is 3.43. The predicted molar refractivity (Wildman–Crippen MR) is 93.1 cm³/mol. The molecule has 134 valence electrons. The quantitative estimate of drug-likeness (QED) is 0.752. The van der Waals surface area contributed by atoms with Crippen LogP contribution in [0.2, 0.25) is 0 Å². The van der Waals surface area contributed by atoms with Gasteiger partial charge in [-0.15, -0.1) is 0 Å². The van der Waals surface area contributed by atoms with Crippen LogP contribution in [0.1, 0.15) is 30.6 Å². The van der Waals surface area contributed by atoms with Crippen LogP contribution >= 0.6 is 0 Å². The van der Waals surface area contributed by atoms with Crippen LogP contribution in [0, 0.1) is 0 Å². The fourth-order valence-electron chi connectivity index (χ4n) is 2.86. The molecule has 1 atom stereocenters. The molecule has 0 saturated carbocycles. The maximum Gasteiger partial charge on any atom is 0.252 e. The van der Waals surface area contributed by atoms with Crippen molar-refractivity contribution in [1.29, 1.82) is 0 Å². The van der Waals surface area contributed by atoms with E-state index in [9.17, 15) is 9.90 Å². The van der Waals surface area contributed by atoms with Crippen molar-refractivity contribution in [3.63, 3.8) is 0 Å². The number of aromatic nitrogens is 1. The van der Waals surface area contributed by atoms with Gasteiger partial charge in [-0.2, -0.15) is 0 Å². The first-order valence-electron chi connectivity index (χ1n) is 8.49. The second kappa shape index (κ2) is 8.96. The predicted octanol–water partition coefficient (Wildman–Crippen LogP) is 0.479. The molecule has 7 heteroatoms. The van der Waals surface area contributed by atoms with Crippen LogP contribution in [0.3, 0.4) is 0 Å². The monoisotopic (exact) mass is 336 g/mol. The molecule has 0 bridgehead atoms. The van der Waals surface area contributed by atoms with Gasteiger partial charge in [0, 0.05) is 32.4 Å². The number of rotatable bonds is 7. The fourth-order valence-corrected chi connectivity index (χ4v) is 2.86. The average Bonchev–Trinajstić information content (AvgIpc) is 2.78. The van der Waals surface area contributed by atoms with Gasteiger partial charge in [0.15, 0.2) is 0 Å². The second-order valence-corrected chi connectivity index (χ2v) is 6.42. The molecule has 0 radical (unpaired) electrons. The normalized spacial score (nSPS) is 17.8. The lowest BCUT2D eigenvalue weighted by Gasteiger charge is -2.25. The van der Waals surface area contributed by atoms with E-state index in [1.807, 2.05) is 13.8 Å². The van der Waals surface area contributed by atoms with Gasteiger partial charge >= 0.3 is 0 Å². The van der Waals surface area contributed by atoms with E-state index >= 15 is 0 Å². The van der Waals surface area contributed by atoms with Gasteiger partial charge in [-0.3, -0.25) is 9.69 Å². The number of carbonyl (C=O) groups excluding carboxylic acids is 1. The summed E-state index contributed by atoms with van der Waals surface area (Å²) in [6.07, 6.45) is 2.25. The van der Waals surface area contributed by atoms with E-state index in [-0.39, 0.29) is 6.10 Å². The van der Waals surface area contributed by atoms with Crippen molar-refractivity contribution in [3.05, 3.63) is 23.9 Å². The average molecular weight is 336 g/mol. The number of pyridine rings is 1. The number of carbonyl (C=O) groups is 1. The molecule has 1 fully saturated rings. The van der Waals surface area contributed by atoms with Crippen LogP contribution in [-0.2, 0) is 4.74 Å². The smallest absolute Gasteiger partial charge is 0.252 e. The molecule has 7 nitrogen and oxygen atoms in total. The molecular formula is C17H28N4O3. The topological polar surface area (TPSA) is 91.9 Å². The van der Waals surface area contributed by atoms with Crippen molar-refractivity contribution < 1.29 is 14.6 Å². The highest BCUT2D eigenvalue weighted by Gasteiger charge is 2.21. The van der Waals surface area contributed by atoms with Gasteiger partial charge in [0.25, 0.3) is 5.91 Å². The van der Waals surface area contributed by atoms with Gasteiger partial charge in [0.2, 0.25) is 0 Å². The lowest BCUT2D eigenvalue weighted by molar-refractivity contribution is -0.00766. The zero-order valence-corrected chi connectivity index (χ0v) is 14.5. The van der Waals surface area contributed by atoms with Crippen molar-refractivity contribution in [2.24, 2.45) is 5.73 Å². The Morgan fingerprint density at radius 1 is 1.38 bits per heavy atom. The van der Waals surface area contributed by atoms with Crippen LogP contribution in [0.5, 0.6) is 0 Å². The Bertz CT molecular complexity index is 538. The molecule has 1 aliphatic heterocycles. The summed E-state index contributed by atoms with van der Waals surface area (Å²) in [4.78, 5) is 20.2. The number of ether oxygens (including phenoxy) is 1. The van der Waals surface area contributed by atoms with Crippen LogP contribution in [0.25, 0.3) is 0 Å². The van der Waals surface area contributed by atoms with Gasteiger partial charge < -0.3 is 20.5 Å².